The Morgan fingerprint density at radius 2 is 1.89 bits per heavy atom. The molecule has 1 rings (SSSR count). The molecular weight excluding hydrogens is 254 g/mol. The normalized spacial score (nSPS) is 11.0. The van der Waals surface area contributed by atoms with E-state index in [0.717, 1.165) is 5.56 Å². The minimum atomic E-state index is -3.39. The Morgan fingerprint density at radius 1 is 1.28 bits per heavy atom. The standard InChI is InChI=1S/C12H17NO4S/c1-10-4-6-12(7-5-10)13-18(15,16)9-3-8-17-11(2)14/h4-7,13H,3,8-9H2,1-2H3. The molecule has 100 valence electrons. The Balaban J connectivity index is 2.44. The third-order valence-electron chi connectivity index (χ3n) is 2.19. The van der Waals surface area contributed by atoms with E-state index >= 15 is 0 Å². The minimum absolute atomic E-state index is 0.0752. The summed E-state index contributed by atoms with van der Waals surface area (Å²) in [5.41, 5.74) is 1.60. The van der Waals surface area contributed by atoms with Crippen LogP contribution in [0.3, 0.4) is 0 Å². The summed E-state index contributed by atoms with van der Waals surface area (Å²) in [4.78, 5) is 10.5. The van der Waals surface area contributed by atoms with Gasteiger partial charge in [0.25, 0.3) is 0 Å². The van der Waals surface area contributed by atoms with Crippen LogP contribution in [0.2, 0.25) is 0 Å². The molecule has 0 unspecified atom stereocenters. The third-order valence-corrected chi connectivity index (χ3v) is 3.56. The molecule has 0 fully saturated rings. The summed E-state index contributed by atoms with van der Waals surface area (Å²) in [6.07, 6.45) is 0.279. The molecule has 0 aliphatic heterocycles. The molecule has 1 aromatic carbocycles. The minimum Gasteiger partial charge on any atom is -0.466 e. The molecule has 0 saturated heterocycles. The molecule has 0 saturated carbocycles. The SMILES string of the molecule is CC(=O)OCCCS(=O)(=O)Nc1ccc(C)cc1. The Hall–Kier alpha value is -1.56. The summed E-state index contributed by atoms with van der Waals surface area (Å²) in [6, 6.07) is 7.07. The number of aryl methyl sites for hydroxylation is 1. The van der Waals surface area contributed by atoms with E-state index < -0.39 is 16.0 Å². The predicted octanol–water partition coefficient (Wildman–Crippen LogP) is 1.69. The largest absolute Gasteiger partial charge is 0.466 e. The molecule has 1 N–H and O–H groups in total. The monoisotopic (exact) mass is 271 g/mol. The zero-order chi connectivity index (χ0) is 13.6. The topological polar surface area (TPSA) is 72.5 Å². The first-order chi connectivity index (χ1) is 8.39. The van der Waals surface area contributed by atoms with Crippen molar-refractivity contribution in [1.82, 2.24) is 0 Å². The van der Waals surface area contributed by atoms with Gasteiger partial charge in [-0.2, -0.15) is 0 Å². The van der Waals surface area contributed by atoms with Crippen LogP contribution in [0.15, 0.2) is 24.3 Å². The Morgan fingerprint density at radius 3 is 2.44 bits per heavy atom. The van der Waals surface area contributed by atoms with Crippen LogP contribution in [-0.4, -0.2) is 26.7 Å². The Labute approximate surface area is 107 Å². The summed E-state index contributed by atoms with van der Waals surface area (Å²) >= 11 is 0. The molecule has 18 heavy (non-hydrogen) atoms. The Bertz CT molecular complexity index is 493. The second kappa shape index (κ2) is 6.39. The molecular formula is C12H17NO4S. The van der Waals surface area contributed by atoms with E-state index in [9.17, 15) is 13.2 Å². The van der Waals surface area contributed by atoms with Gasteiger partial charge >= 0.3 is 5.97 Å². The fraction of sp³-hybridized carbons (Fsp3) is 0.417. The smallest absolute Gasteiger partial charge is 0.302 e. The Kier molecular flexibility index (Phi) is 5.15. The number of carbonyl (C=O) groups is 1. The predicted molar refractivity (Wildman–Crippen MR) is 69.8 cm³/mol. The first-order valence-electron chi connectivity index (χ1n) is 5.59. The number of hydrogen-bond acceptors (Lipinski definition) is 4. The summed E-state index contributed by atoms with van der Waals surface area (Å²) in [6.45, 7) is 3.33. The van der Waals surface area contributed by atoms with E-state index in [1.54, 1.807) is 12.1 Å². The van der Waals surface area contributed by atoms with Crippen molar-refractivity contribution in [2.75, 3.05) is 17.1 Å². The van der Waals surface area contributed by atoms with Crippen molar-refractivity contribution >= 4 is 21.7 Å². The van der Waals surface area contributed by atoms with Gasteiger partial charge < -0.3 is 4.74 Å². The van der Waals surface area contributed by atoms with E-state index in [1.165, 1.54) is 6.92 Å². The molecule has 0 aliphatic rings. The van der Waals surface area contributed by atoms with Crippen LogP contribution in [0.5, 0.6) is 0 Å². The highest BCUT2D eigenvalue weighted by molar-refractivity contribution is 7.92. The van der Waals surface area contributed by atoms with Gasteiger partial charge in [-0.3, -0.25) is 9.52 Å². The summed E-state index contributed by atoms with van der Waals surface area (Å²) in [5, 5.41) is 0. The van der Waals surface area contributed by atoms with Crippen LogP contribution in [-0.2, 0) is 19.6 Å². The number of anilines is 1. The van der Waals surface area contributed by atoms with Crippen molar-refractivity contribution in [3.63, 3.8) is 0 Å². The van der Waals surface area contributed by atoms with E-state index in [0.29, 0.717) is 5.69 Å². The maximum absolute atomic E-state index is 11.7. The van der Waals surface area contributed by atoms with Crippen molar-refractivity contribution in [2.45, 2.75) is 20.3 Å². The van der Waals surface area contributed by atoms with Crippen LogP contribution in [0, 0.1) is 6.92 Å². The van der Waals surface area contributed by atoms with Crippen molar-refractivity contribution in [3.8, 4) is 0 Å². The van der Waals surface area contributed by atoms with Crippen molar-refractivity contribution in [3.05, 3.63) is 29.8 Å². The second-order valence-corrected chi connectivity index (χ2v) is 5.82. The quantitative estimate of drug-likeness (QED) is 0.631. The van der Waals surface area contributed by atoms with Gasteiger partial charge in [-0.25, -0.2) is 8.42 Å². The molecule has 0 bridgehead atoms. The molecule has 5 nitrogen and oxygen atoms in total. The maximum Gasteiger partial charge on any atom is 0.302 e. The highest BCUT2D eigenvalue weighted by Crippen LogP contribution is 2.11. The van der Waals surface area contributed by atoms with Crippen molar-refractivity contribution < 1.29 is 17.9 Å². The molecule has 6 heteroatoms. The highest BCUT2D eigenvalue weighted by atomic mass is 32.2. The fourth-order valence-corrected chi connectivity index (χ4v) is 2.41. The fourth-order valence-electron chi connectivity index (χ4n) is 1.32. The molecule has 0 amide bonds. The van der Waals surface area contributed by atoms with Crippen LogP contribution in [0.1, 0.15) is 18.9 Å². The van der Waals surface area contributed by atoms with Crippen molar-refractivity contribution in [2.24, 2.45) is 0 Å². The molecule has 0 aromatic heterocycles. The number of benzene rings is 1. The molecule has 0 aliphatic carbocycles. The maximum atomic E-state index is 11.7. The summed E-state index contributed by atoms with van der Waals surface area (Å²) < 4.78 is 30.5. The molecule has 0 spiro atoms. The van der Waals surface area contributed by atoms with E-state index in [1.807, 2.05) is 19.1 Å². The van der Waals surface area contributed by atoms with E-state index in [-0.39, 0.29) is 18.8 Å². The molecule has 0 atom stereocenters. The lowest BCUT2D eigenvalue weighted by Gasteiger charge is -2.08. The van der Waals surface area contributed by atoms with E-state index in [2.05, 4.69) is 9.46 Å². The zero-order valence-corrected chi connectivity index (χ0v) is 11.3. The van der Waals surface area contributed by atoms with Gasteiger partial charge in [0.2, 0.25) is 10.0 Å². The number of ether oxygens (including phenoxy) is 1. The van der Waals surface area contributed by atoms with Gasteiger partial charge in [-0.15, -0.1) is 0 Å². The number of carbonyl (C=O) groups excluding carboxylic acids is 1. The lowest BCUT2D eigenvalue weighted by molar-refractivity contribution is -0.140. The van der Waals surface area contributed by atoms with Crippen LogP contribution in [0.25, 0.3) is 0 Å². The summed E-state index contributed by atoms with van der Waals surface area (Å²) in [7, 11) is -3.39. The van der Waals surface area contributed by atoms with Gasteiger partial charge in [0.1, 0.15) is 0 Å². The van der Waals surface area contributed by atoms with Gasteiger partial charge in [0.15, 0.2) is 0 Å². The molecule has 0 radical (unpaired) electrons. The van der Waals surface area contributed by atoms with Crippen LogP contribution in [0.4, 0.5) is 5.69 Å². The van der Waals surface area contributed by atoms with Crippen molar-refractivity contribution in [1.29, 1.82) is 0 Å². The van der Waals surface area contributed by atoms with Gasteiger partial charge in [0.05, 0.1) is 12.4 Å². The first-order valence-corrected chi connectivity index (χ1v) is 7.25. The van der Waals surface area contributed by atoms with Gasteiger partial charge in [-0.1, -0.05) is 17.7 Å². The number of nitrogens with one attached hydrogen (secondary N) is 1. The zero-order valence-electron chi connectivity index (χ0n) is 10.5. The molecule has 0 heterocycles. The number of sulfonamides is 1. The lowest BCUT2D eigenvalue weighted by Crippen LogP contribution is -2.18. The second-order valence-electron chi connectivity index (χ2n) is 3.98. The average Bonchev–Trinajstić information content (AvgIpc) is 2.27. The third kappa shape index (κ3) is 5.67. The van der Waals surface area contributed by atoms with Crippen LogP contribution < -0.4 is 4.72 Å². The lowest BCUT2D eigenvalue weighted by atomic mass is 10.2. The number of rotatable bonds is 6. The first kappa shape index (κ1) is 14.5. The molecule has 1 aromatic rings. The number of esters is 1. The van der Waals surface area contributed by atoms with Gasteiger partial charge in [0, 0.05) is 12.6 Å². The highest BCUT2D eigenvalue weighted by Gasteiger charge is 2.10. The summed E-state index contributed by atoms with van der Waals surface area (Å²) in [5.74, 6) is -0.479. The van der Waals surface area contributed by atoms with Crippen LogP contribution >= 0.6 is 0 Å². The van der Waals surface area contributed by atoms with Gasteiger partial charge in [-0.05, 0) is 25.5 Å². The van der Waals surface area contributed by atoms with E-state index in [4.69, 9.17) is 0 Å². The number of hydrogen-bond donors (Lipinski definition) is 1. The average molecular weight is 271 g/mol.